The second-order valence-corrected chi connectivity index (χ2v) is 6.22. The third-order valence-electron chi connectivity index (χ3n) is 3.37. The highest BCUT2D eigenvalue weighted by Gasteiger charge is 2.31. The molecule has 3 aromatic rings. The van der Waals surface area contributed by atoms with Gasteiger partial charge in [-0.1, -0.05) is 55.1 Å². The minimum atomic E-state index is -4.39. The van der Waals surface area contributed by atoms with Crippen LogP contribution >= 0.6 is 11.8 Å². The summed E-state index contributed by atoms with van der Waals surface area (Å²) < 4.78 is 40.8. The Bertz CT molecular complexity index is 829. The van der Waals surface area contributed by atoms with Gasteiger partial charge in [-0.25, -0.2) is 0 Å². The molecule has 7 heteroatoms. The molecule has 1 heterocycles. The number of aromatic nitrogens is 3. The molecule has 0 spiro atoms. The first-order valence-corrected chi connectivity index (χ1v) is 8.30. The number of hydrogen-bond acceptors (Lipinski definition) is 3. The number of halogens is 3. The molecule has 0 saturated heterocycles. The molecule has 2 aromatic carbocycles. The summed E-state index contributed by atoms with van der Waals surface area (Å²) in [5.41, 5.74) is 0.496. The van der Waals surface area contributed by atoms with Crippen LogP contribution in [0, 0.1) is 0 Å². The van der Waals surface area contributed by atoms with Crippen LogP contribution in [0.25, 0.3) is 17.1 Å². The van der Waals surface area contributed by atoms with Crippen molar-refractivity contribution in [2.45, 2.75) is 18.3 Å². The summed E-state index contributed by atoms with van der Waals surface area (Å²) in [6.07, 6.45) is -4.39. The normalized spacial score (nSPS) is 11.7. The highest BCUT2D eigenvalue weighted by molar-refractivity contribution is 7.99. The molecule has 0 amide bonds. The van der Waals surface area contributed by atoms with E-state index in [0.717, 1.165) is 23.4 Å². The van der Waals surface area contributed by atoms with Gasteiger partial charge in [0.2, 0.25) is 0 Å². The van der Waals surface area contributed by atoms with E-state index in [1.54, 1.807) is 10.6 Å². The molecular weight excluding hydrogens is 335 g/mol. The molecule has 1 aromatic heterocycles. The van der Waals surface area contributed by atoms with Gasteiger partial charge in [0.1, 0.15) is 0 Å². The molecular formula is C17H14F3N3S. The standard InChI is InChI=1S/C17H14F3N3S/c1-2-24-16-22-21-15(12-7-4-3-5-8-12)23(16)14-10-6-9-13(11-14)17(18,19)20/h3-11H,2H2,1H3. The quantitative estimate of drug-likeness (QED) is 0.617. The fourth-order valence-electron chi connectivity index (χ4n) is 2.32. The van der Waals surface area contributed by atoms with E-state index in [9.17, 15) is 13.2 Å². The van der Waals surface area contributed by atoms with Crippen LogP contribution in [0.3, 0.4) is 0 Å². The summed E-state index contributed by atoms with van der Waals surface area (Å²) in [5.74, 6) is 1.26. The van der Waals surface area contributed by atoms with Gasteiger partial charge in [0.15, 0.2) is 11.0 Å². The number of benzene rings is 2. The highest BCUT2D eigenvalue weighted by atomic mass is 32.2. The monoisotopic (exact) mass is 349 g/mol. The van der Waals surface area contributed by atoms with Crippen LogP contribution in [0.5, 0.6) is 0 Å². The predicted molar refractivity (Wildman–Crippen MR) is 88.2 cm³/mol. The summed E-state index contributed by atoms with van der Waals surface area (Å²) >= 11 is 1.43. The average molecular weight is 349 g/mol. The van der Waals surface area contributed by atoms with E-state index in [-0.39, 0.29) is 0 Å². The van der Waals surface area contributed by atoms with Crippen LogP contribution in [0.1, 0.15) is 12.5 Å². The third kappa shape index (κ3) is 3.31. The van der Waals surface area contributed by atoms with E-state index in [2.05, 4.69) is 10.2 Å². The maximum Gasteiger partial charge on any atom is 0.416 e. The molecule has 0 fully saturated rings. The Kier molecular flexibility index (Phi) is 4.62. The Morgan fingerprint density at radius 2 is 1.75 bits per heavy atom. The van der Waals surface area contributed by atoms with Crippen molar-refractivity contribution in [3.63, 3.8) is 0 Å². The van der Waals surface area contributed by atoms with Gasteiger partial charge in [0.25, 0.3) is 0 Å². The Morgan fingerprint density at radius 3 is 2.42 bits per heavy atom. The molecule has 0 bridgehead atoms. The van der Waals surface area contributed by atoms with E-state index < -0.39 is 11.7 Å². The molecule has 3 nitrogen and oxygen atoms in total. The minimum Gasteiger partial charge on any atom is -0.270 e. The van der Waals surface area contributed by atoms with Crippen molar-refractivity contribution in [3.8, 4) is 17.1 Å². The van der Waals surface area contributed by atoms with Crippen LogP contribution in [0.15, 0.2) is 59.8 Å². The van der Waals surface area contributed by atoms with Crippen molar-refractivity contribution in [2.24, 2.45) is 0 Å². The molecule has 0 radical (unpaired) electrons. The summed E-state index contributed by atoms with van der Waals surface area (Å²) in [7, 11) is 0. The maximum absolute atomic E-state index is 13.0. The summed E-state index contributed by atoms with van der Waals surface area (Å²) in [5, 5.41) is 8.89. The van der Waals surface area contributed by atoms with E-state index in [0.29, 0.717) is 16.7 Å². The van der Waals surface area contributed by atoms with Crippen LogP contribution in [-0.2, 0) is 6.18 Å². The second kappa shape index (κ2) is 6.68. The van der Waals surface area contributed by atoms with Crippen molar-refractivity contribution in [2.75, 3.05) is 5.75 Å². The zero-order valence-corrected chi connectivity index (χ0v) is 13.6. The molecule has 24 heavy (non-hydrogen) atoms. The molecule has 124 valence electrons. The number of rotatable bonds is 4. The van der Waals surface area contributed by atoms with Gasteiger partial charge in [0.05, 0.1) is 11.3 Å². The van der Waals surface area contributed by atoms with E-state index in [1.807, 2.05) is 37.3 Å². The van der Waals surface area contributed by atoms with Crippen molar-refractivity contribution in [3.05, 3.63) is 60.2 Å². The first kappa shape index (κ1) is 16.6. The number of thioether (sulfide) groups is 1. The smallest absolute Gasteiger partial charge is 0.270 e. The molecule has 0 atom stereocenters. The van der Waals surface area contributed by atoms with Crippen LogP contribution < -0.4 is 0 Å². The van der Waals surface area contributed by atoms with E-state index >= 15 is 0 Å². The van der Waals surface area contributed by atoms with E-state index in [4.69, 9.17) is 0 Å². The van der Waals surface area contributed by atoms with Gasteiger partial charge in [-0.3, -0.25) is 4.57 Å². The van der Waals surface area contributed by atoms with Crippen LogP contribution in [0.4, 0.5) is 13.2 Å². The van der Waals surface area contributed by atoms with Crippen molar-refractivity contribution >= 4 is 11.8 Å². The predicted octanol–water partition coefficient (Wildman–Crippen LogP) is 5.07. The zero-order chi connectivity index (χ0) is 17.2. The number of alkyl halides is 3. The SMILES string of the molecule is CCSc1nnc(-c2ccccc2)n1-c1cccc(C(F)(F)F)c1. The summed E-state index contributed by atoms with van der Waals surface area (Å²) in [6.45, 7) is 1.96. The summed E-state index contributed by atoms with van der Waals surface area (Å²) in [6, 6.07) is 14.5. The fourth-order valence-corrected chi connectivity index (χ4v) is 3.00. The van der Waals surface area contributed by atoms with Gasteiger partial charge < -0.3 is 0 Å². The largest absolute Gasteiger partial charge is 0.416 e. The topological polar surface area (TPSA) is 30.7 Å². The van der Waals surface area contributed by atoms with Gasteiger partial charge in [-0.05, 0) is 24.0 Å². The Hall–Kier alpha value is -2.28. The molecule has 3 rings (SSSR count). The number of hydrogen-bond donors (Lipinski definition) is 0. The zero-order valence-electron chi connectivity index (χ0n) is 12.8. The van der Waals surface area contributed by atoms with Crippen molar-refractivity contribution in [1.82, 2.24) is 14.8 Å². The summed E-state index contributed by atoms with van der Waals surface area (Å²) in [4.78, 5) is 0. The molecule has 0 aliphatic carbocycles. The molecule has 0 unspecified atom stereocenters. The number of nitrogens with zero attached hydrogens (tertiary/aromatic N) is 3. The van der Waals surface area contributed by atoms with Gasteiger partial charge in [0, 0.05) is 5.56 Å². The van der Waals surface area contributed by atoms with Crippen LogP contribution in [-0.4, -0.2) is 20.5 Å². The Labute approximate surface area is 141 Å². The second-order valence-electron chi connectivity index (χ2n) is 4.99. The third-order valence-corrected chi connectivity index (χ3v) is 4.18. The lowest BCUT2D eigenvalue weighted by atomic mass is 10.1. The molecule has 0 aliphatic rings. The van der Waals surface area contributed by atoms with Gasteiger partial charge >= 0.3 is 6.18 Å². The highest BCUT2D eigenvalue weighted by Crippen LogP contribution is 2.33. The van der Waals surface area contributed by atoms with Crippen molar-refractivity contribution < 1.29 is 13.2 Å². The lowest BCUT2D eigenvalue weighted by Gasteiger charge is -2.13. The van der Waals surface area contributed by atoms with Crippen molar-refractivity contribution in [1.29, 1.82) is 0 Å². The Morgan fingerprint density at radius 1 is 1.00 bits per heavy atom. The minimum absolute atomic E-state index is 0.393. The maximum atomic E-state index is 13.0. The Balaban J connectivity index is 2.17. The lowest BCUT2D eigenvalue weighted by Crippen LogP contribution is -2.07. The first-order valence-electron chi connectivity index (χ1n) is 7.32. The lowest BCUT2D eigenvalue weighted by molar-refractivity contribution is -0.137. The van der Waals surface area contributed by atoms with Gasteiger partial charge in [-0.2, -0.15) is 13.2 Å². The molecule has 0 saturated carbocycles. The van der Waals surface area contributed by atoms with Crippen LogP contribution in [0.2, 0.25) is 0 Å². The average Bonchev–Trinajstić information content (AvgIpc) is 2.99. The van der Waals surface area contributed by atoms with E-state index in [1.165, 1.54) is 17.8 Å². The fraction of sp³-hybridized carbons (Fsp3) is 0.176. The molecule has 0 aliphatic heterocycles. The van der Waals surface area contributed by atoms with Gasteiger partial charge in [-0.15, -0.1) is 10.2 Å². The first-order chi connectivity index (χ1) is 11.5. The molecule has 0 N–H and O–H groups in total.